The number of aromatic nitrogens is 2. The van der Waals surface area contributed by atoms with Gasteiger partial charge in [0.1, 0.15) is 11.0 Å². The number of rotatable bonds is 11. The van der Waals surface area contributed by atoms with E-state index in [-0.39, 0.29) is 5.91 Å². The van der Waals surface area contributed by atoms with E-state index >= 15 is 0 Å². The molecule has 0 bridgehead atoms. The number of thioether (sulfide) groups is 1. The Bertz CT molecular complexity index is 577. The minimum atomic E-state index is 0.0149. The Kier molecular flexibility index (Phi) is 10.2. The summed E-state index contributed by atoms with van der Waals surface area (Å²) in [6.07, 6.45) is 5.96. The van der Waals surface area contributed by atoms with Gasteiger partial charge in [0.05, 0.1) is 5.75 Å². The van der Waals surface area contributed by atoms with Crippen molar-refractivity contribution in [2.24, 2.45) is 0 Å². The van der Waals surface area contributed by atoms with Crippen LogP contribution in [0.2, 0.25) is 5.15 Å². The lowest BCUT2D eigenvalue weighted by Crippen LogP contribution is -2.38. The summed E-state index contributed by atoms with van der Waals surface area (Å²) in [5.41, 5.74) is 0. The van der Waals surface area contributed by atoms with Crippen LogP contribution >= 0.6 is 23.4 Å². The van der Waals surface area contributed by atoms with E-state index in [1.54, 1.807) is 6.07 Å². The Hall–Kier alpha value is -1.05. The van der Waals surface area contributed by atoms with Crippen LogP contribution in [0.5, 0.6) is 0 Å². The molecule has 0 radical (unpaired) electrons. The number of carbonyl (C=O) groups excluding carboxylic acids is 1. The van der Waals surface area contributed by atoms with Crippen LogP contribution in [-0.4, -0.2) is 65.8 Å². The molecule has 1 N–H and O–H groups in total. The molecule has 0 unspecified atom stereocenters. The molecule has 1 aliphatic rings. The number of hydrogen-bond donors (Lipinski definition) is 1. The topological polar surface area (TPSA) is 61.4 Å². The fourth-order valence-electron chi connectivity index (χ4n) is 3.21. The SMILES string of the molecule is CCCN(CCC)c1cc(Cl)nc(SCC(=O)NCCN2CCCCC2)n1. The second kappa shape index (κ2) is 12.4. The number of amides is 1. The average molecular weight is 414 g/mol. The summed E-state index contributed by atoms with van der Waals surface area (Å²) >= 11 is 7.52. The van der Waals surface area contributed by atoms with Gasteiger partial charge in [-0.2, -0.15) is 0 Å². The van der Waals surface area contributed by atoms with Crippen molar-refractivity contribution < 1.29 is 4.79 Å². The Morgan fingerprint density at radius 1 is 1.22 bits per heavy atom. The van der Waals surface area contributed by atoms with E-state index < -0.39 is 0 Å². The molecular weight excluding hydrogens is 382 g/mol. The van der Waals surface area contributed by atoms with Gasteiger partial charge in [-0.25, -0.2) is 9.97 Å². The van der Waals surface area contributed by atoms with Crippen LogP contribution in [0.25, 0.3) is 0 Å². The van der Waals surface area contributed by atoms with Gasteiger partial charge in [0.2, 0.25) is 5.91 Å². The first-order valence-corrected chi connectivity index (χ1v) is 11.4. The Labute approximate surface area is 172 Å². The zero-order valence-electron chi connectivity index (χ0n) is 16.5. The number of likely N-dealkylation sites (tertiary alicyclic amines) is 1. The van der Waals surface area contributed by atoms with Crippen molar-refractivity contribution in [3.05, 3.63) is 11.2 Å². The quantitative estimate of drug-likeness (QED) is 0.340. The molecule has 152 valence electrons. The van der Waals surface area contributed by atoms with Crippen LogP contribution in [0.3, 0.4) is 0 Å². The van der Waals surface area contributed by atoms with E-state index in [0.717, 1.165) is 51.4 Å². The van der Waals surface area contributed by atoms with Crippen molar-refractivity contribution in [1.82, 2.24) is 20.2 Å². The van der Waals surface area contributed by atoms with Crippen LogP contribution < -0.4 is 10.2 Å². The van der Waals surface area contributed by atoms with Crippen molar-refractivity contribution in [3.63, 3.8) is 0 Å². The lowest BCUT2D eigenvalue weighted by molar-refractivity contribution is -0.118. The molecule has 1 aromatic heterocycles. The van der Waals surface area contributed by atoms with Gasteiger partial charge in [0, 0.05) is 32.2 Å². The zero-order valence-corrected chi connectivity index (χ0v) is 18.1. The molecule has 8 heteroatoms. The molecule has 0 aromatic carbocycles. The zero-order chi connectivity index (χ0) is 19.5. The monoisotopic (exact) mass is 413 g/mol. The first kappa shape index (κ1) is 22.2. The van der Waals surface area contributed by atoms with Gasteiger partial charge < -0.3 is 15.1 Å². The minimum absolute atomic E-state index is 0.0149. The summed E-state index contributed by atoms with van der Waals surface area (Å²) in [6, 6.07) is 1.80. The molecule has 0 spiro atoms. The summed E-state index contributed by atoms with van der Waals surface area (Å²) in [5, 5.41) is 3.97. The number of hydrogen-bond acceptors (Lipinski definition) is 6. The van der Waals surface area contributed by atoms with E-state index in [9.17, 15) is 4.79 Å². The van der Waals surface area contributed by atoms with Gasteiger partial charge in [-0.15, -0.1) is 0 Å². The predicted octanol–water partition coefficient (Wildman–Crippen LogP) is 3.45. The summed E-state index contributed by atoms with van der Waals surface area (Å²) in [6.45, 7) is 10.1. The molecule has 6 nitrogen and oxygen atoms in total. The molecule has 1 fully saturated rings. The lowest BCUT2D eigenvalue weighted by atomic mass is 10.1. The van der Waals surface area contributed by atoms with Crippen molar-refractivity contribution in [2.45, 2.75) is 51.1 Å². The second-order valence-electron chi connectivity index (χ2n) is 6.86. The highest BCUT2D eigenvalue weighted by Crippen LogP contribution is 2.22. The molecule has 2 rings (SSSR count). The minimum Gasteiger partial charge on any atom is -0.356 e. The largest absolute Gasteiger partial charge is 0.356 e. The van der Waals surface area contributed by atoms with Gasteiger partial charge in [0.25, 0.3) is 0 Å². The Balaban J connectivity index is 1.80. The highest BCUT2D eigenvalue weighted by molar-refractivity contribution is 7.99. The maximum Gasteiger partial charge on any atom is 0.230 e. The van der Waals surface area contributed by atoms with Gasteiger partial charge in [0.15, 0.2) is 5.16 Å². The molecule has 1 amide bonds. The average Bonchev–Trinajstić information content (AvgIpc) is 2.67. The molecule has 27 heavy (non-hydrogen) atoms. The van der Waals surface area contributed by atoms with Crippen LogP contribution in [0.15, 0.2) is 11.2 Å². The smallest absolute Gasteiger partial charge is 0.230 e. The summed E-state index contributed by atoms with van der Waals surface area (Å²) < 4.78 is 0. The maximum atomic E-state index is 12.1. The van der Waals surface area contributed by atoms with Gasteiger partial charge in [-0.3, -0.25) is 4.79 Å². The normalized spacial score (nSPS) is 14.9. The van der Waals surface area contributed by atoms with E-state index in [4.69, 9.17) is 11.6 Å². The number of halogens is 1. The molecule has 1 saturated heterocycles. The molecule has 1 aliphatic heterocycles. The van der Waals surface area contributed by atoms with Crippen molar-refractivity contribution >= 4 is 35.1 Å². The molecule has 0 saturated carbocycles. The Morgan fingerprint density at radius 2 is 1.93 bits per heavy atom. The fourth-order valence-corrected chi connectivity index (χ4v) is 4.12. The number of piperidine rings is 1. The predicted molar refractivity (Wildman–Crippen MR) is 114 cm³/mol. The summed E-state index contributed by atoms with van der Waals surface area (Å²) in [5.74, 6) is 1.16. The third kappa shape index (κ3) is 8.23. The van der Waals surface area contributed by atoms with Crippen molar-refractivity contribution in [3.8, 4) is 0 Å². The number of anilines is 1. The van der Waals surface area contributed by atoms with E-state index in [2.05, 4.69) is 38.9 Å². The van der Waals surface area contributed by atoms with Gasteiger partial charge in [-0.05, 0) is 38.8 Å². The lowest BCUT2D eigenvalue weighted by Gasteiger charge is -2.26. The number of nitrogens with zero attached hydrogens (tertiary/aromatic N) is 4. The van der Waals surface area contributed by atoms with E-state index in [1.165, 1.54) is 31.0 Å². The van der Waals surface area contributed by atoms with Gasteiger partial charge in [-0.1, -0.05) is 43.6 Å². The highest BCUT2D eigenvalue weighted by Gasteiger charge is 2.13. The van der Waals surface area contributed by atoms with Crippen LogP contribution in [-0.2, 0) is 4.79 Å². The molecule has 0 aliphatic carbocycles. The van der Waals surface area contributed by atoms with E-state index in [1.807, 2.05) is 0 Å². The Morgan fingerprint density at radius 3 is 2.59 bits per heavy atom. The van der Waals surface area contributed by atoms with Gasteiger partial charge >= 0.3 is 0 Å². The molecule has 0 atom stereocenters. The van der Waals surface area contributed by atoms with Crippen molar-refractivity contribution in [2.75, 3.05) is 49.9 Å². The summed E-state index contributed by atoms with van der Waals surface area (Å²) in [7, 11) is 0. The first-order valence-electron chi connectivity index (χ1n) is 10.0. The third-order valence-electron chi connectivity index (χ3n) is 4.50. The van der Waals surface area contributed by atoms with Crippen molar-refractivity contribution in [1.29, 1.82) is 0 Å². The highest BCUT2D eigenvalue weighted by atomic mass is 35.5. The van der Waals surface area contributed by atoms with E-state index in [0.29, 0.717) is 22.6 Å². The summed E-state index contributed by atoms with van der Waals surface area (Å²) in [4.78, 5) is 25.6. The second-order valence-corrected chi connectivity index (χ2v) is 8.19. The molecular formula is C19H32ClN5OS. The number of nitrogens with one attached hydrogen (secondary N) is 1. The molecule has 1 aromatic rings. The third-order valence-corrected chi connectivity index (χ3v) is 5.54. The standard InChI is InChI=1S/C19H32ClN5OS/c1-3-9-25(10-4-2)17-14-16(20)22-19(23-17)27-15-18(26)21-8-13-24-11-6-5-7-12-24/h14H,3-13,15H2,1-2H3,(H,21,26). The fraction of sp³-hybridized carbons (Fsp3) is 0.737. The van der Waals surface area contributed by atoms with Crippen LogP contribution in [0, 0.1) is 0 Å². The first-order chi connectivity index (χ1) is 13.1. The number of carbonyl (C=O) groups is 1. The maximum absolute atomic E-state index is 12.1. The van der Waals surface area contributed by atoms with Crippen LogP contribution in [0.1, 0.15) is 46.0 Å². The molecule has 2 heterocycles. The van der Waals surface area contributed by atoms with Crippen LogP contribution in [0.4, 0.5) is 5.82 Å².